The van der Waals surface area contributed by atoms with Crippen LogP contribution >= 0.6 is 0 Å². The van der Waals surface area contributed by atoms with Crippen LogP contribution in [0.5, 0.6) is 11.8 Å². The predicted octanol–water partition coefficient (Wildman–Crippen LogP) is 1.08. The molecule has 2 heterocycles. The van der Waals surface area contributed by atoms with E-state index in [1.54, 1.807) is 4.72 Å². The lowest BCUT2D eigenvalue weighted by atomic mass is 10.1. The van der Waals surface area contributed by atoms with Gasteiger partial charge in [-0.2, -0.15) is 13.4 Å². The molecule has 0 atom stereocenters. The molecule has 26 heavy (non-hydrogen) atoms. The Morgan fingerprint density at radius 3 is 2.81 bits per heavy atom. The first-order valence-electron chi connectivity index (χ1n) is 7.83. The molecule has 9 nitrogen and oxygen atoms in total. The third-order valence-corrected chi connectivity index (χ3v) is 5.12. The Bertz CT molecular complexity index is 980. The van der Waals surface area contributed by atoms with E-state index in [1.807, 2.05) is 13.8 Å². The molecule has 1 aromatic carbocycles. The molecular weight excluding hydrogens is 367 g/mol. The van der Waals surface area contributed by atoms with E-state index in [1.165, 1.54) is 6.20 Å². The van der Waals surface area contributed by atoms with Crippen molar-refractivity contribution < 1.29 is 27.4 Å². The predicted molar refractivity (Wildman–Crippen MR) is 90.5 cm³/mol. The van der Waals surface area contributed by atoms with Crippen LogP contribution in [0.15, 0.2) is 12.3 Å². The highest BCUT2D eigenvalue weighted by atomic mass is 32.2. The average molecular weight is 384 g/mol. The molecule has 0 unspecified atom stereocenters. The molecule has 1 aliphatic heterocycles. The second-order valence-corrected chi connectivity index (χ2v) is 7.81. The fourth-order valence-electron chi connectivity index (χ4n) is 2.44. The Kier molecular flexibility index (Phi) is 4.57. The molecule has 3 rings (SSSR count). The van der Waals surface area contributed by atoms with E-state index in [-0.39, 0.29) is 16.9 Å². The van der Waals surface area contributed by atoms with Crippen molar-refractivity contribution in [1.82, 2.24) is 14.7 Å². The summed E-state index contributed by atoms with van der Waals surface area (Å²) in [4.78, 5) is 19.3. The second-order valence-electron chi connectivity index (χ2n) is 6.22. The number of aromatic nitrogens is 2. The van der Waals surface area contributed by atoms with E-state index < -0.39 is 39.9 Å². The van der Waals surface area contributed by atoms with Crippen molar-refractivity contribution in [3.63, 3.8) is 0 Å². The van der Waals surface area contributed by atoms with Crippen LogP contribution < -0.4 is 13.8 Å². The zero-order valence-electron chi connectivity index (χ0n) is 14.1. The Hall–Kier alpha value is -2.69. The van der Waals surface area contributed by atoms with Crippen LogP contribution in [0.25, 0.3) is 10.9 Å². The molecule has 0 aliphatic carbocycles. The normalized spacial score (nSPS) is 16.3. The molecule has 1 aliphatic rings. The zero-order valence-corrected chi connectivity index (χ0v) is 14.9. The van der Waals surface area contributed by atoms with Crippen molar-refractivity contribution in [1.29, 1.82) is 0 Å². The highest BCUT2D eigenvalue weighted by Gasteiger charge is 2.38. The van der Waals surface area contributed by atoms with Gasteiger partial charge >= 0.3 is 16.2 Å². The van der Waals surface area contributed by atoms with E-state index in [0.717, 1.165) is 12.5 Å². The maximum Gasteiger partial charge on any atom is 0.326 e. The van der Waals surface area contributed by atoms with Gasteiger partial charge in [0.1, 0.15) is 23.5 Å². The number of carbonyl (C=O) groups is 1. The number of nitrogens with one attached hydrogen (secondary N) is 1. The minimum Gasteiger partial charge on any atom is -0.506 e. The average Bonchev–Trinajstić information content (AvgIpc) is 2.80. The molecule has 1 fully saturated rings. The molecule has 0 bridgehead atoms. The number of benzene rings is 1. The van der Waals surface area contributed by atoms with Crippen LogP contribution in [-0.2, 0) is 15.0 Å². The number of anilines is 1. The maximum absolute atomic E-state index is 14.9. The van der Waals surface area contributed by atoms with Crippen LogP contribution in [0.2, 0.25) is 0 Å². The minimum atomic E-state index is -4.28. The molecule has 11 heteroatoms. The first kappa shape index (κ1) is 18.1. The largest absolute Gasteiger partial charge is 0.506 e. The molecule has 1 amide bonds. The standard InChI is InChI=1S/C15H17FN4O5S/c1-8(2)3-4-25-15-17-6-9-5-10(21)14(12(16)13(9)18-15)20-7-11(22)19-26(20,23)24/h5-6,8,21H,3-4,7H2,1-2H3,(H,19,22). The van der Waals surface area contributed by atoms with Gasteiger partial charge in [-0.25, -0.2) is 18.4 Å². The third kappa shape index (κ3) is 3.34. The molecule has 1 saturated heterocycles. The molecule has 1 aromatic heterocycles. The minimum absolute atomic E-state index is 0.0628. The summed E-state index contributed by atoms with van der Waals surface area (Å²) >= 11 is 0. The number of ether oxygens (including phenoxy) is 1. The maximum atomic E-state index is 14.9. The number of aromatic hydroxyl groups is 1. The Morgan fingerprint density at radius 1 is 1.46 bits per heavy atom. The van der Waals surface area contributed by atoms with Gasteiger partial charge in [-0.05, 0) is 18.4 Å². The van der Waals surface area contributed by atoms with E-state index in [4.69, 9.17) is 4.74 Å². The summed E-state index contributed by atoms with van der Waals surface area (Å²) in [5, 5.41) is 10.2. The molecule has 0 radical (unpaired) electrons. The van der Waals surface area contributed by atoms with Crippen LogP contribution in [-0.4, -0.2) is 42.6 Å². The molecular formula is C15H17FN4O5S. The second kappa shape index (κ2) is 6.56. The van der Waals surface area contributed by atoms with Crippen molar-refractivity contribution in [2.75, 3.05) is 17.5 Å². The highest BCUT2D eigenvalue weighted by molar-refractivity contribution is 7.92. The molecule has 0 saturated carbocycles. The quantitative estimate of drug-likeness (QED) is 0.791. The summed E-state index contributed by atoms with van der Waals surface area (Å²) in [6.45, 7) is 3.74. The molecule has 2 aromatic rings. The summed E-state index contributed by atoms with van der Waals surface area (Å²) in [5.41, 5.74) is -0.871. The number of hydrogen-bond acceptors (Lipinski definition) is 7. The van der Waals surface area contributed by atoms with Crippen molar-refractivity contribution >= 4 is 32.7 Å². The van der Waals surface area contributed by atoms with Gasteiger partial charge in [0.2, 0.25) is 0 Å². The smallest absolute Gasteiger partial charge is 0.326 e. The lowest BCUT2D eigenvalue weighted by Crippen LogP contribution is -2.30. The lowest BCUT2D eigenvalue weighted by Gasteiger charge is -2.17. The van der Waals surface area contributed by atoms with E-state index in [9.17, 15) is 22.7 Å². The van der Waals surface area contributed by atoms with Crippen molar-refractivity contribution in [3.05, 3.63) is 18.1 Å². The lowest BCUT2D eigenvalue weighted by molar-refractivity contribution is -0.117. The van der Waals surface area contributed by atoms with E-state index in [2.05, 4.69) is 9.97 Å². The number of phenols is 1. The molecule has 2 N–H and O–H groups in total. The third-order valence-electron chi connectivity index (χ3n) is 3.74. The van der Waals surface area contributed by atoms with E-state index in [0.29, 0.717) is 16.8 Å². The summed E-state index contributed by atoms with van der Waals surface area (Å²) in [6.07, 6.45) is 2.02. The van der Waals surface area contributed by atoms with Crippen molar-refractivity contribution in [3.8, 4) is 11.8 Å². The fourth-order valence-corrected chi connectivity index (χ4v) is 3.60. The zero-order chi connectivity index (χ0) is 19.1. The number of hydrogen-bond donors (Lipinski definition) is 2. The Balaban J connectivity index is 2.04. The van der Waals surface area contributed by atoms with Gasteiger partial charge in [-0.3, -0.25) is 4.79 Å². The summed E-state index contributed by atoms with van der Waals surface area (Å²) in [6, 6.07) is 1.07. The summed E-state index contributed by atoms with van der Waals surface area (Å²) in [7, 11) is -4.28. The first-order valence-corrected chi connectivity index (χ1v) is 9.27. The number of fused-ring (bicyclic) bond motifs is 1. The number of amides is 1. The van der Waals surface area contributed by atoms with Gasteiger partial charge in [0, 0.05) is 11.6 Å². The van der Waals surface area contributed by atoms with Gasteiger partial charge in [-0.1, -0.05) is 13.8 Å². The van der Waals surface area contributed by atoms with Gasteiger partial charge in [0.15, 0.2) is 5.82 Å². The van der Waals surface area contributed by atoms with Gasteiger partial charge in [-0.15, -0.1) is 0 Å². The molecule has 0 spiro atoms. The Labute approximate surface area is 149 Å². The monoisotopic (exact) mass is 384 g/mol. The van der Waals surface area contributed by atoms with Gasteiger partial charge < -0.3 is 9.84 Å². The van der Waals surface area contributed by atoms with E-state index >= 15 is 0 Å². The SMILES string of the molecule is CC(C)CCOc1ncc2cc(O)c(N3CC(=O)NS3(=O)=O)c(F)c2n1. The van der Waals surface area contributed by atoms with Crippen LogP contribution in [0.1, 0.15) is 20.3 Å². The summed E-state index contributed by atoms with van der Waals surface area (Å²) < 4.78 is 46.4. The van der Waals surface area contributed by atoms with Crippen LogP contribution in [0.4, 0.5) is 10.1 Å². The fraction of sp³-hybridized carbons (Fsp3) is 0.400. The Morgan fingerprint density at radius 2 is 2.19 bits per heavy atom. The first-order chi connectivity index (χ1) is 12.2. The van der Waals surface area contributed by atoms with Crippen molar-refractivity contribution in [2.24, 2.45) is 5.92 Å². The number of rotatable bonds is 5. The molecule has 140 valence electrons. The van der Waals surface area contributed by atoms with Crippen LogP contribution in [0, 0.1) is 11.7 Å². The van der Waals surface area contributed by atoms with Crippen molar-refractivity contribution in [2.45, 2.75) is 20.3 Å². The number of carbonyl (C=O) groups excluding carboxylic acids is 1. The highest BCUT2D eigenvalue weighted by Crippen LogP contribution is 2.37. The number of halogens is 1. The number of phenolic OH excluding ortho intramolecular Hbond substituents is 1. The summed E-state index contributed by atoms with van der Waals surface area (Å²) in [5.74, 6) is -2.16. The topological polar surface area (TPSA) is 122 Å². The van der Waals surface area contributed by atoms with Crippen LogP contribution in [0.3, 0.4) is 0 Å². The van der Waals surface area contributed by atoms with Gasteiger partial charge in [0.25, 0.3) is 5.91 Å². The number of nitrogens with zero attached hydrogens (tertiary/aromatic N) is 3. The van der Waals surface area contributed by atoms with Gasteiger partial charge in [0.05, 0.1) is 6.61 Å².